The average Bonchev–Trinajstić information content (AvgIpc) is 2.57. The van der Waals surface area contributed by atoms with Crippen molar-refractivity contribution in [3.8, 4) is 0 Å². The number of thiophene rings is 1. The highest BCUT2D eigenvalue weighted by Crippen LogP contribution is 2.35. The molecule has 0 saturated carbocycles. The molecule has 0 saturated heterocycles. The van der Waals surface area contributed by atoms with E-state index in [0.717, 1.165) is 16.9 Å². The molecule has 0 atom stereocenters. The van der Waals surface area contributed by atoms with Gasteiger partial charge >= 0.3 is 0 Å². The maximum Gasteiger partial charge on any atom is 0.272 e. The Morgan fingerprint density at radius 3 is 2.57 bits per heavy atom. The molecule has 0 aliphatic carbocycles. The van der Waals surface area contributed by atoms with E-state index in [4.69, 9.17) is 0 Å². The van der Waals surface area contributed by atoms with Crippen LogP contribution >= 0.6 is 11.3 Å². The Bertz CT molecular complexity index is 434. The van der Waals surface area contributed by atoms with Crippen LogP contribution in [0, 0.1) is 12.7 Å². The van der Waals surface area contributed by atoms with Gasteiger partial charge in [0.2, 0.25) is 0 Å². The van der Waals surface area contributed by atoms with E-state index in [1.54, 1.807) is 13.0 Å². The maximum absolute atomic E-state index is 13.2. The van der Waals surface area contributed by atoms with Crippen molar-refractivity contribution >= 4 is 21.4 Å². The lowest BCUT2D eigenvalue weighted by atomic mass is 10.2. The van der Waals surface area contributed by atoms with Gasteiger partial charge in [0.15, 0.2) is 0 Å². The van der Waals surface area contributed by atoms with E-state index in [9.17, 15) is 13.2 Å². The van der Waals surface area contributed by atoms with Gasteiger partial charge in [-0.1, -0.05) is 6.07 Å². The fourth-order valence-electron chi connectivity index (χ4n) is 1.35. The van der Waals surface area contributed by atoms with Crippen molar-refractivity contribution in [2.24, 2.45) is 0 Å². The molecule has 74 valence electrons. The number of benzene rings is 1. The van der Waals surface area contributed by atoms with E-state index >= 15 is 0 Å². The Balaban J connectivity index is 2.75. The van der Waals surface area contributed by atoms with Gasteiger partial charge in [-0.25, -0.2) is 13.2 Å². The predicted octanol–water partition coefficient (Wildman–Crippen LogP) is 4.29. The zero-order valence-corrected chi connectivity index (χ0v) is 8.17. The van der Waals surface area contributed by atoms with Gasteiger partial charge in [-0.2, -0.15) is 0 Å². The molecular formula is C10H7F3S. The van der Waals surface area contributed by atoms with Crippen molar-refractivity contribution in [3.63, 3.8) is 0 Å². The zero-order valence-electron chi connectivity index (χ0n) is 7.35. The molecular weight excluding hydrogens is 209 g/mol. The molecule has 1 aromatic carbocycles. The molecule has 0 fully saturated rings. The summed E-state index contributed by atoms with van der Waals surface area (Å²) in [6, 6.07) is 4.13. The summed E-state index contributed by atoms with van der Waals surface area (Å²) in [6.45, 7) is 1.79. The molecule has 0 unspecified atom stereocenters. The van der Waals surface area contributed by atoms with Crippen molar-refractivity contribution in [3.05, 3.63) is 34.5 Å². The Labute approximate surface area is 83.0 Å². The van der Waals surface area contributed by atoms with Crippen LogP contribution in [0.3, 0.4) is 0 Å². The number of hydrogen-bond donors (Lipinski definition) is 0. The first kappa shape index (κ1) is 9.52. The third-order valence-electron chi connectivity index (χ3n) is 2.06. The number of hydrogen-bond acceptors (Lipinski definition) is 1. The topological polar surface area (TPSA) is 0 Å². The SMILES string of the molecule is Cc1ccc(F)c2cc(C(F)F)sc12. The first-order chi connectivity index (χ1) is 6.59. The molecule has 0 N–H and O–H groups in total. The van der Waals surface area contributed by atoms with Gasteiger partial charge in [-0.15, -0.1) is 11.3 Å². The minimum Gasteiger partial charge on any atom is -0.206 e. The van der Waals surface area contributed by atoms with E-state index in [-0.39, 0.29) is 4.88 Å². The lowest BCUT2D eigenvalue weighted by Crippen LogP contribution is -1.77. The van der Waals surface area contributed by atoms with Crippen LogP contribution in [0.4, 0.5) is 13.2 Å². The van der Waals surface area contributed by atoms with Crippen molar-refractivity contribution in [1.82, 2.24) is 0 Å². The van der Waals surface area contributed by atoms with Gasteiger partial charge in [0.25, 0.3) is 6.43 Å². The normalized spacial score (nSPS) is 11.5. The molecule has 0 aliphatic rings. The molecule has 0 spiro atoms. The molecule has 1 aromatic heterocycles. The fourth-order valence-corrected chi connectivity index (χ4v) is 2.35. The highest BCUT2D eigenvalue weighted by molar-refractivity contribution is 7.19. The summed E-state index contributed by atoms with van der Waals surface area (Å²) < 4.78 is 38.5. The molecule has 0 nitrogen and oxygen atoms in total. The van der Waals surface area contributed by atoms with Gasteiger partial charge in [0.1, 0.15) is 5.82 Å². The number of halogens is 3. The summed E-state index contributed by atoms with van der Waals surface area (Å²) in [5.41, 5.74) is 0.832. The van der Waals surface area contributed by atoms with E-state index in [0.29, 0.717) is 10.1 Å². The van der Waals surface area contributed by atoms with E-state index < -0.39 is 12.2 Å². The van der Waals surface area contributed by atoms with Gasteiger partial charge in [0, 0.05) is 10.1 Å². The lowest BCUT2D eigenvalue weighted by Gasteiger charge is -1.94. The van der Waals surface area contributed by atoms with Gasteiger partial charge in [0.05, 0.1) is 4.88 Å². The van der Waals surface area contributed by atoms with Gasteiger partial charge < -0.3 is 0 Å². The van der Waals surface area contributed by atoms with E-state index in [2.05, 4.69) is 0 Å². The molecule has 0 amide bonds. The summed E-state index contributed by atoms with van der Waals surface area (Å²) in [7, 11) is 0. The van der Waals surface area contributed by atoms with Crippen molar-refractivity contribution in [2.75, 3.05) is 0 Å². The van der Waals surface area contributed by atoms with Crippen LogP contribution < -0.4 is 0 Å². The highest BCUT2D eigenvalue weighted by Gasteiger charge is 2.14. The van der Waals surface area contributed by atoms with Crippen LogP contribution in [0.2, 0.25) is 0 Å². The van der Waals surface area contributed by atoms with E-state index in [1.165, 1.54) is 12.1 Å². The Kier molecular flexibility index (Phi) is 2.23. The van der Waals surface area contributed by atoms with Crippen LogP contribution in [0.1, 0.15) is 16.9 Å². The molecule has 0 bridgehead atoms. The van der Waals surface area contributed by atoms with Crippen LogP contribution in [0.5, 0.6) is 0 Å². The average molecular weight is 216 g/mol. The van der Waals surface area contributed by atoms with Crippen LogP contribution in [0.15, 0.2) is 18.2 Å². The first-order valence-corrected chi connectivity index (χ1v) is 4.88. The number of fused-ring (bicyclic) bond motifs is 1. The molecule has 0 radical (unpaired) electrons. The number of aryl methyl sites for hydroxylation is 1. The fraction of sp³-hybridized carbons (Fsp3) is 0.200. The summed E-state index contributed by atoms with van der Waals surface area (Å²) in [6.07, 6.45) is -2.52. The molecule has 0 aliphatic heterocycles. The predicted molar refractivity (Wildman–Crippen MR) is 51.5 cm³/mol. The monoisotopic (exact) mass is 216 g/mol. The summed E-state index contributed by atoms with van der Waals surface area (Å²) in [5, 5.41) is 0.297. The molecule has 2 aromatic rings. The molecule has 2 rings (SSSR count). The van der Waals surface area contributed by atoms with Crippen LogP contribution in [-0.4, -0.2) is 0 Å². The van der Waals surface area contributed by atoms with Crippen molar-refractivity contribution in [2.45, 2.75) is 13.3 Å². The maximum atomic E-state index is 13.2. The van der Waals surface area contributed by atoms with E-state index in [1.807, 2.05) is 0 Å². The largest absolute Gasteiger partial charge is 0.272 e. The van der Waals surface area contributed by atoms with Crippen LogP contribution in [0.25, 0.3) is 10.1 Å². The minimum absolute atomic E-state index is 0.0757. The minimum atomic E-state index is -2.52. The van der Waals surface area contributed by atoms with Crippen molar-refractivity contribution in [1.29, 1.82) is 0 Å². The van der Waals surface area contributed by atoms with Gasteiger partial charge in [-0.3, -0.25) is 0 Å². The number of alkyl halides is 2. The highest BCUT2D eigenvalue weighted by atomic mass is 32.1. The summed E-state index contributed by atoms with van der Waals surface area (Å²) in [5.74, 6) is -0.436. The lowest BCUT2D eigenvalue weighted by molar-refractivity contribution is 0.156. The second kappa shape index (κ2) is 3.28. The summed E-state index contributed by atoms with van der Waals surface area (Å²) >= 11 is 0.956. The third-order valence-corrected chi connectivity index (χ3v) is 3.34. The zero-order chi connectivity index (χ0) is 10.3. The quantitative estimate of drug-likeness (QED) is 0.667. The second-order valence-electron chi connectivity index (χ2n) is 3.06. The van der Waals surface area contributed by atoms with Crippen molar-refractivity contribution < 1.29 is 13.2 Å². The van der Waals surface area contributed by atoms with Gasteiger partial charge in [-0.05, 0) is 24.6 Å². The Morgan fingerprint density at radius 2 is 2.00 bits per heavy atom. The Hall–Kier alpha value is -1.03. The van der Waals surface area contributed by atoms with Crippen LogP contribution in [-0.2, 0) is 0 Å². The Morgan fingerprint density at radius 1 is 1.29 bits per heavy atom. The molecule has 1 heterocycles. The second-order valence-corrected chi connectivity index (χ2v) is 4.14. The standard InChI is InChI=1S/C10H7F3S/c1-5-2-3-7(11)6-4-8(10(12)13)14-9(5)6/h2-4,10H,1H3. The summed E-state index contributed by atoms with van der Waals surface area (Å²) in [4.78, 5) is -0.0757. The molecule has 4 heteroatoms. The smallest absolute Gasteiger partial charge is 0.206 e. The first-order valence-electron chi connectivity index (χ1n) is 4.06. The third kappa shape index (κ3) is 1.39. The molecule has 14 heavy (non-hydrogen) atoms. The number of rotatable bonds is 1.